The Bertz CT molecular complexity index is 233. The highest BCUT2D eigenvalue weighted by Gasteiger charge is 2.50. The summed E-state index contributed by atoms with van der Waals surface area (Å²) in [6, 6.07) is 0. The Labute approximate surface area is 87.3 Å². The SMILES string of the molecule is CCCC1CC[C@H]2C(=O)CCC[C@]12C. The number of ketones is 1. The van der Waals surface area contributed by atoms with E-state index in [1.54, 1.807) is 0 Å². The van der Waals surface area contributed by atoms with E-state index in [4.69, 9.17) is 0 Å². The molecular weight excluding hydrogens is 172 g/mol. The number of rotatable bonds is 2. The maximum atomic E-state index is 11.8. The lowest BCUT2D eigenvalue weighted by atomic mass is 9.64. The number of hydrogen-bond donors (Lipinski definition) is 0. The fourth-order valence-corrected chi connectivity index (χ4v) is 3.86. The molecule has 14 heavy (non-hydrogen) atoms. The average Bonchev–Trinajstić information content (AvgIpc) is 2.46. The third kappa shape index (κ3) is 1.41. The van der Waals surface area contributed by atoms with Gasteiger partial charge >= 0.3 is 0 Å². The Morgan fingerprint density at radius 2 is 2.21 bits per heavy atom. The highest BCUT2D eigenvalue weighted by Crippen LogP contribution is 2.55. The molecule has 1 nitrogen and oxygen atoms in total. The van der Waals surface area contributed by atoms with Crippen LogP contribution in [-0.4, -0.2) is 5.78 Å². The zero-order valence-electron chi connectivity index (χ0n) is 9.51. The minimum atomic E-state index is 0.380. The molecule has 2 fully saturated rings. The van der Waals surface area contributed by atoms with Crippen LogP contribution in [0.25, 0.3) is 0 Å². The molecule has 2 aliphatic rings. The number of Topliss-reactive ketones (excluding diaryl/α,β-unsaturated/α-hetero) is 1. The molecule has 2 aliphatic carbocycles. The van der Waals surface area contributed by atoms with Gasteiger partial charge in [0.25, 0.3) is 0 Å². The van der Waals surface area contributed by atoms with Gasteiger partial charge in [-0.05, 0) is 37.0 Å². The van der Waals surface area contributed by atoms with Gasteiger partial charge in [0.05, 0.1) is 0 Å². The van der Waals surface area contributed by atoms with Crippen LogP contribution in [0.3, 0.4) is 0 Å². The van der Waals surface area contributed by atoms with Gasteiger partial charge in [0, 0.05) is 12.3 Å². The summed E-state index contributed by atoms with van der Waals surface area (Å²) in [6.07, 6.45) is 8.40. The predicted octanol–water partition coefficient (Wildman–Crippen LogP) is 3.57. The van der Waals surface area contributed by atoms with Crippen LogP contribution in [0.4, 0.5) is 0 Å². The van der Waals surface area contributed by atoms with Crippen molar-refractivity contribution in [2.45, 2.75) is 58.8 Å². The first-order chi connectivity index (χ1) is 6.68. The van der Waals surface area contributed by atoms with E-state index in [2.05, 4.69) is 13.8 Å². The zero-order chi connectivity index (χ0) is 10.2. The third-order valence-electron chi connectivity index (χ3n) is 4.70. The summed E-state index contributed by atoms with van der Waals surface area (Å²) in [5, 5.41) is 0. The van der Waals surface area contributed by atoms with Crippen molar-refractivity contribution in [1.29, 1.82) is 0 Å². The van der Waals surface area contributed by atoms with Gasteiger partial charge in [-0.15, -0.1) is 0 Å². The Morgan fingerprint density at radius 1 is 1.43 bits per heavy atom. The van der Waals surface area contributed by atoms with Crippen LogP contribution >= 0.6 is 0 Å². The van der Waals surface area contributed by atoms with Crippen molar-refractivity contribution in [1.82, 2.24) is 0 Å². The Morgan fingerprint density at radius 3 is 2.93 bits per heavy atom. The fraction of sp³-hybridized carbons (Fsp3) is 0.923. The van der Waals surface area contributed by atoms with Crippen LogP contribution < -0.4 is 0 Å². The molecule has 80 valence electrons. The summed E-state index contributed by atoms with van der Waals surface area (Å²) in [5.41, 5.74) is 0.380. The Balaban J connectivity index is 2.16. The van der Waals surface area contributed by atoms with Gasteiger partial charge in [-0.1, -0.05) is 26.7 Å². The molecule has 1 heteroatoms. The van der Waals surface area contributed by atoms with Crippen molar-refractivity contribution in [3.8, 4) is 0 Å². The van der Waals surface area contributed by atoms with E-state index in [1.165, 1.54) is 32.1 Å². The summed E-state index contributed by atoms with van der Waals surface area (Å²) in [5.74, 6) is 1.83. The summed E-state index contributed by atoms with van der Waals surface area (Å²) in [4.78, 5) is 11.8. The van der Waals surface area contributed by atoms with Crippen molar-refractivity contribution < 1.29 is 4.79 Å². The molecule has 0 spiro atoms. The lowest BCUT2D eigenvalue weighted by Gasteiger charge is -2.39. The highest BCUT2D eigenvalue weighted by atomic mass is 16.1. The molecular formula is C13H22O. The topological polar surface area (TPSA) is 17.1 Å². The van der Waals surface area contributed by atoms with Gasteiger partial charge in [-0.25, -0.2) is 0 Å². The molecule has 2 rings (SSSR count). The lowest BCUT2D eigenvalue weighted by Crippen LogP contribution is -2.37. The van der Waals surface area contributed by atoms with Gasteiger partial charge in [-0.3, -0.25) is 4.79 Å². The first kappa shape index (κ1) is 10.2. The molecule has 0 radical (unpaired) electrons. The first-order valence-electron chi connectivity index (χ1n) is 6.21. The first-order valence-corrected chi connectivity index (χ1v) is 6.21. The van der Waals surface area contributed by atoms with Crippen LogP contribution in [0.2, 0.25) is 0 Å². The van der Waals surface area contributed by atoms with Crippen LogP contribution in [0.15, 0.2) is 0 Å². The minimum absolute atomic E-state index is 0.380. The van der Waals surface area contributed by atoms with E-state index in [-0.39, 0.29) is 0 Å². The molecule has 3 atom stereocenters. The number of carbonyl (C=O) groups excluding carboxylic acids is 1. The van der Waals surface area contributed by atoms with Gasteiger partial charge in [-0.2, -0.15) is 0 Å². The zero-order valence-corrected chi connectivity index (χ0v) is 9.51. The molecule has 0 aromatic rings. The van der Waals surface area contributed by atoms with E-state index in [0.717, 1.165) is 18.8 Å². The largest absolute Gasteiger partial charge is 0.299 e. The molecule has 0 N–H and O–H groups in total. The second-order valence-corrected chi connectivity index (χ2v) is 5.44. The molecule has 0 aliphatic heterocycles. The van der Waals surface area contributed by atoms with E-state index in [0.29, 0.717) is 17.1 Å². The van der Waals surface area contributed by atoms with Crippen LogP contribution in [0, 0.1) is 17.3 Å². The Hall–Kier alpha value is -0.330. The Kier molecular flexibility index (Phi) is 2.68. The molecule has 0 saturated heterocycles. The minimum Gasteiger partial charge on any atom is -0.299 e. The van der Waals surface area contributed by atoms with E-state index >= 15 is 0 Å². The van der Waals surface area contributed by atoms with Crippen LogP contribution in [0.5, 0.6) is 0 Å². The second-order valence-electron chi connectivity index (χ2n) is 5.44. The highest BCUT2D eigenvalue weighted by molar-refractivity contribution is 5.83. The van der Waals surface area contributed by atoms with E-state index < -0.39 is 0 Å². The normalized spacial score (nSPS) is 42.6. The molecule has 1 unspecified atom stereocenters. The van der Waals surface area contributed by atoms with Gasteiger partial charge in [0.1, 0.15) is 5.78 Å². The summed E-state index contributed by atoms with van der Waals surface area (Å²) < 4.78 is 0. The summed E-state index contributed by atoms with van der Waals surface area (Å²) in [7, 11) is 0. The van der Waals surface area contributed by atoms with Gasteiger partial charge in [0.2, 0.25) is 0 Å². The van der Waals surface area contributed by atoms with Gasteiger partial charge < -0.3 is 0 Å². The monoisotopic (exact) mass is 194 g/mol. The second kappa shape index (κ2) is 3.67. The molecule has 0 bridgehead atoms. The summed E-state index contributed by atoms with van der Waals surface area (Å²) >= 11 is 0. The average molecular weight is 194 g/mol. The summed E-state index contributed by atoms with van der Waals surface area (Å²) in [6.45, 7) is 4.64. The van der Waals surface area contributed by atoms with Crippen molar-refractivity contribution in [2.24, 2.45) is 17.3 Å². The maximum absolute atomic E-state index is 11.8. The molecule has 0 aromatic heterocycles. The maximum Gasteiger partial charge on any atom is 0.136 e. The number of carbonyl (C=O) groups is 1. The van der Waals surface area contributed by atoms with Gasteiger partial charge in [0.15, 0.2) is 0 Å². The van der Waals surface area contributed by atoms with E-state index in [9.17, 15) is 4.79 Å². The van der Waals surface area contributed by atoms with Crippen molar-refractivity contribution >= 4 is 5.78 Å². The standard InChI is InChI=1S/C13H22O/c1-3-5-10-7-8-11-12(14)6-4-9-13(10,11)2/h10-11H,3-9H2,1-2H3/t10?,11-,13+/m0/s1. The number of fused-ring (bicyclic) bond motifs is 1. The van der Waals surface area contributed by atoms with Crippen LogP contribution in [0.1, 0.15) is 58.8 Å². The van der Waals surface area contributed by atoms with Crippen molar-refractivity contribution in [3.63, 3.8) is 0 Å². The van der Waals surface area contributed by atoms with E-state index in [1.807, 2.05) is 0 Å². The molecule has 2 saturated carbocycles. The van der Waals surface area contributed by atoms with Crippen LogP contribution in [-0.2, 0) is 4.79 Å². The third-order valence-corrected chi connectivity index (χ3v) is 4.70. The fourth-order valence-electron chi connectivity index (χ4n) is 3.86. The lowest BCUT2D eigenvalue weighted by molar-refractivity contribution is -0.129. The molecule has 0 heterocycles. The smallest absolute Gasteiger partial charge is 0.136 e. The van der Waals surface area contributed by atoms with Crippen molar-refractivity contribution in [3.05, 3.63) is 0 Å². The molecule has 0 aromatic carbocycles. The quantitative estimate of drug-likeness (QED) is 0.656. The van der Waals surface area contributed by atoms with Crippen molar-refractivity contribution in [2.75, 3.05) is 0 Å². The predicted molar refractivity (Wildman–Crippen MR) is 58.1 cm³/mol. The molecule has 0 amide bonds. The number of hydrogen-bond acceptors (Lipinski definition) is 1.